The van der Waals surface area contributed by atoms with Crippen LogP contribution in [0.3, 0.4) is 0 Å². The van der Waals surface area contributed by atoms with Crippen LogP contribution in [0.25, 0.3) is 11.3 Å². The number of aromatic nitrogens is 3. The second-order valence-electron chi connectivity index (χ2n) is 6.53. The van der Waals surface area contributed by atoms with E-state index in [4.69, 9.17) is 16.0 Å². The summed E-state index contributed by atoms with van der Waals surface area (Å²) < 4.78 is 5.69. The van der Waals surface area contributed by atoms with E-state index in [1.54, 1.807) is 36.0 Å². The summed E-state index contributed by atoms with van der Waals surface area (Å²) in [5.41, 5.74) is 2.67. The number of amides is 1. The molecule has 0 aliphatic carbocycles. The van der Waals surface area contributed by atoms with Crippen LogP contribution in [-0.2, 0) is 12.2 Å². The molecule has 0 saturated heterocycles. The number of hydrogen-bond acceptors (Lipinski definition) is 5. The van der Waals surface area contributed by atoms with Gasteiger partial charge in [0.1, 0.15) is 11.6 Å². The largest absolute Gasteiger partial charge is 0.451 e. The minimum atomic E-state index is -0.301. The summed E-state index contributed by atoms with van der Waals surface area (Å²) in [5.74, 6) is 2.19. The Bertz CT molecular complexity index is 1140. The second-order valence-corrected chi connectivity index (χ2v) is 7.91. The number of hydrogen-bond donors (Lipinski definition) is 2. The molecule has 1 amide bonds. The van der Waals surface area contributed by atoms with E-state index in [1.165, 1.54) is 0 Å². The molecule has 2 aromatic carbocycles. The monoisotopic (exact) mass is 438 g/mol. The third kappa shape index (κ3) is 4.93. The number of aromatic amines is 1. The van der Waals surface area contributed by atoms with Crippen LogP contribution < -0.4 is 5.32 Å². The van der Waals surface area contributed by atoms with Crippen molar-refractivity contribution in [3.8, 4) is 11.3 Å². The van der Waals surface area contributed by atoms with Gasteiger partial charge >= 0.3 is 0 Å². The van der Waals surface area contributed by atoms with Gasteiger partial charge in [0.2, 0.25) is 5.16 Å². The normalized spacial score (nSPS) is 10.9. The van der Waals surface area contributed by atoms with Crippen LogP contribution >= 0.6 is 23.4 Å². The minimum absolute atomic E-state index is 0.246. The highest BCUT2D eigenvalue weighted by atomic mass is 35.5. The van der Waals surface area contributed by atoms with Crippen LogP contribution in [0.15, 0.2) is 70.2 Å². The van der Waals surface area contributed by atoms with Crippen LogP contribution in [0.2, 0.25) is 5.02 Å². The van der Waals surface area contributed by atoms with Gasteiger partial charge in [-0.15, -0.1) is 5.10 Å². The molecule has 2 N–H and O–H groups in total. The number of halogens is 1. The Morgan fingerprint density at radius 3 is 2.57 bits per heavy atom. The molecule has 2 aromatic heterocycles. The lowest BCUT2D eigenvalue weighted by Gasteiger charge is -2.05. The Morgan fingerprint density at radius 2 is 1.87 bits per heavy atom. The molecule has 0 aliphatic rings. The number of furan rings is 1. The summed E-state index contributed by atoms with van der Waals surface area (Å²) in [6.07, 6.45) is 0.832. The highest BCUT2D eigenvalue weighted by Crippen LogP contribution is 2.25. The maximum absolute atomic E-state index is 12.5. The van der Waals surface area contributed by atoms with E-state index in [0.717, 1.165) is 34.3 Å². The molecule has 152 valence electrons. The Hall–Kier alpha value is -3.03. The number of benzene rings is 2. The number of H-pyrrole nitrogens is 1. The molecule has 0 fully saturated rings. The Kier molecular flexibility index (Phi) is 6.21. The number of rotatable bonds is 7. The van der Waals surface area contributed by atoms with E-state index in [2.05, 4.69) is 20.5 Å². The van der Waals surface area contributed by atoms with Gasteiger partial charge in [0.25, 0.3) is 5.91 Å². The van der Waals surface area contributed by atoms with Gasteiger partial charge in [-0.2, -0.15) is 0 Å². The van der Waals surface area contributed by atoms with E-state index in [1.807, 2.05) is 43.3 Å². The topological polar surface area (TPSA) is 83.8 Å². The first-order valence-electron chi connectivity index (χ1n) is 9.41. The van der Waals surface area contributed by atoms with E-state index >= 15 is 0 Å². The van der Waals surface area contributed by atoms with E-state index in [0.29, 0.717) is 16.5 Å². The summed E-state index contributed by atoms with van der Waals surface area (Å²) in [5, 5.41) is 11.3. The number of nitrogens with zero attached hydrogens (tertiary/aromatic N) is 2. The SMILES string of the molecule is CCc1nc(SCc2ccc(NC(=O)c3ccc(-c4ccc(Cl)cc4)o3)cc2)n[nH]1. The number of nitrogens with one attached hydrogen (secondary N) is 2. The minimum Gasteiger partial charge on any atom is -0.451 e. The molecule has 0 unspecified atom stereocenters. The van der Waals surface area contributed by atoms with Crippen molar-refractivity contribution in [3.63, 3.8) is 0 Å². The van der Waals surface area contributed by atoms with Crippen LogP contribution in [0.5, 0.6) is 0 Å². The lowest BCUT2D eigenvalue weighted by Crippen LogP contribution is -2.10. The maximum atomic E-state index is 12.5. The first-order chi connectivity index (χ1) is 14.6. The predicted octanol–water partition coefficient (Wildman–Crippen LogP) is 5.83. The van der Waals surface area contributed by atoms with Crippen molar-refractivity contribution < 1.29 is 9.21 Å². The first-order valence-corrected chi connectivity index (χ1v) is 10.8. The summed E-state index contributed by atoms with van der Waals surface area (Å²) in [6.45, 7) is 2.03. The van der Waals surface area contributed by atoms with Crippen molar-refractivity contribution in [2.45, 2.75) is 24.3 Å². The number of thioether (sulfide) groups is 1. The molecular formula is C22H19ClN4O2S. The van der Waals surface area contributed by atoms with Gasteiger partial charge in [-0.05, 0) is 54.1 Å². The molecule has 0 radical (unpaired) electrons. The summed E-state index contributed by atoms with van der Waals surface area (Å²) in [4.78, 5) is 16.9. The zero-order chi connectivity index (χ0) is 20.9. The first kappa shape index (κ1) is 20.3. The summed E-state index contributed by atoms with van der Waals surface area (Å²) in [7, 11) is 0. The van der Waals surface area contributed by atoms with Crippen molar-refractivity contribution in [2.24, 2.45) is 0 Å². The molecular weight excluding hydrogens is 420 g/mol. The molecule has 2 heterocycles. The predicted molar refractivity (Wildman–Crippen MR) is 119 cm³/mol. The highest BCUT2D eigenvalue weighted by molar-refractivity contribution is 7.98. The van der Waals surface area contributed by atoms with E-state index in [9.17, 15) is 4.79 Å². The highest BCUT2D eigenvalue weighted by Gasteiger charge is 2.13. The lowest BCUT2D eigenvalue weighted by molar-refractivity contribution is 0.0997. The number of carbonyl (C=O) groups is 1. The Labute approximate surface area is 183 Å². The Morgan fingerprint density at radius 1 is 1.10 bits per heavy atom. The van der Waals surface area contributed by atoms with E-state index < -0.39 is 0 Å². The van der Waals surface area contributed by atoms with Gasteiger partial charge in [0, 0.05) is 28.4 Å². The average molecular weight is 439 g/mol. The molecule has 8 heteroatoms. The molecule has 0 atom stereocenters. The van der Waals surface area contributed by atoms with Crippen molar-refractivity contribution in [1.29, 1.82) is 0 Å². The van der Waals surface area contributed by atoms with Gasteiger partial charge in [-0.3, -0.25) is 9.89 Å². The molecule has 4 rings (SSSR count). The fourth-order valence-corrected chi connectivity index (χ4v) is 3.65. The third-order valence-electron chi connectivity index (χ3n) is 4.38. The number of carbonyl (C=O) groups excluding carboxylic acids is 1. The fourth-order valence-electron chi connectivity index (χ4n) is 2.75. The standard InChI is InChI=1S/C22H19ClN4O2S/c1-2-20-25-22(27-26-20)30-13-14-3-9-17(10-4-14)24-21(28)19-12-11-18(29-19)15-5-7-16(23)8-6-15/h3-12H,2,13H2,1H3,(H,24,28)(H,25,26,27). The number of aryl methyl sites for hydroxylation is 1. The summed E-state index contributed by atoms with van der Waals surface area (Å²) in [6, 6.07) is 18.4. The van der Waals surface area contributed by atoms with Crippen molar-refractivity contribution in [2.75, 3.05) is 5.32 Å². The lowest BCUT2D eigenvalue weighted by atomic mass is 10.2. The van der Waals surface area contributed by atoms with Crippen molar-refractivity contribution in [1.82, 2.24) is 15.2 Å². The molecule has 0 spiro atoms. The molecule has 4 aromatic rings. The zero-order valence-electron chi connectivity index (χ0n) is 16.2. The molecule has 30 heavy (non-hydrogen) atoms. The van der Waals surface area contributed by atoms with Crippen LogP contribution in [0.4, 0.5) is 5.69 Å². The number of anilines is 1. The van der Waals surface area contributed by atoms with E-state index in [-0.39, 0.29) is 11.7 Å². The quantitative estimate of drug-likeness (QED) is 0.355. The van der Waals surface area contributed by atoms with Crippen LogP contribution in [0, 0.1) is 0 Å². The molecule has 0 bridgehead atoms. The fraction of sp³-hybridized carbons (Fsp3) is 0.136. The molecule has 6 nitrogen and oxygen atoms in total. The van der Waals surface area contributed by atoms with Crippen molar-refractivity contribution >= 4 is 35.0 Å². The van der Waals surface area contributed by atoms with Gasteiger partial charge in [-0.25, -0.2) is 4.98 Å². The average Bonchev–Trinajstić information content (AvgIpc) is 3.44. The smallest absolute Gasteiger partial charge is 0.291 e. The second kappa shape index (κ2) is 9.19. The van der Waals surface area contributed by atoms with Crippen molar-refractivity contribution in [3.05, 3.63) is 82.8 Å². The third-order valence-corrected chi connectivity index (χ3v) is 5.55. The summed E-state index contributed by atoms with van der Waals surface area (Å²) >= 11 is 7.47. The van der Waals surface area contributed by atoms with Gasteiger partial charge in [-0.1, -0.05) is 42.4 Å². The van der Waals surface area contributed by atoms with Gasteiger partial charge < -0.3 is 9.73 Å². The Balaban J connectivity index is 1.35. The molecule has 0 saturated carbocycles. The zero-order valence-corrected chi connectivity index (χ0v) is 17.8. The molecule has 0 aliphatic heterocycles. The van der Waals surface area contributed by atoms with Crippen LogP contribution in [0.1, 0.15) is 28.9 Å². The maximum Gasteiger partial charge on any atom is 0.291 e. The van der Waals surface area contributed by atoms with Gasteiger partial charge in [0.15, 0.2) is 5.76 Å². The van der Waals surface area contributed by atoms with Crippen LogP contribution in [-0.4, -0.2) is 21.1 Å². The van der Waals surface area contributed by atoms with Gasteiger partial charge in [0.05, 0.1) is 0 Å².